The molecule has 3 unspecified atom stereocenters. The van der Waals surface area contributed by atoms with Crippen LogP contribution in [0.25, 0.3) is 11.1 Å². The lowest BCUT2D eigenvalue weighted by Gasteiger charge is -2.30. The number of carbonyl (C=O) groups is 3. The number of thioether (sulfide) groups is 1. The number of fused-ring (bicyclic) bond motifs is 4. The normalized spacial score (nSPS) is 23.0. The third-order valence-electron chi connectivity index (χ3n) is 7.64. The molecule has 1 heterocycles. The average Bonchev–Trinajstić information content (AvgIpc) is 3.52. The van der Waals surface area contributed by atoms with Gasteiger partial charge in [-0.1, -0.05) is 48.5 Å². The Bertz CT molecular complexity index is 1090. The van der Waals surface area contributed by atoms with Gasteiger partial charge in [-0.2, -0.15) is 11.8 Å². The second-order valence-corrected chi connectivity index (χ2v) is 10.6. The Balaban J connectivity index is 1.22. The second kappa shape index (κ2) is 9.93. The predicted octanol–water partition coefficient (Wildman–Crippen LogP) is 3.83. The largest absolute Gasteiger partial charge is 0.481 e. The first-order valence-corrected chi connectivity index (χ1v) is 13.5. The molecular formula is C27H30N2O5S. The van der Waals surface area contributed by atoms with Gasteiger partial charge in [-0.3, -0.25) is 9.59 Å². The maximum Gasteiger partial charge on any atom is 0.407 e. The number of rotatable bonds is 8. The smallest absolute Gasteiger partial charge is 0.407 e. The zero-order chi connectivity index (χ0) is 24.5. The highest BCUT2D eigenvalue weighted by molar-refractivity contribution is 7.98. The highest BCUT2D eigenvalue weighted by Crippen LogP contribution is 2.51. The van der Waals surface area contributed by atoms with Crippen LogP contribution in [0, 0.1) is 17.8 Å². The van der Waals surface area contributed by atoms with Crippen LogP contribution in [0.2, 0.25) is 0 Å². The van der Waals surface area contributed by atoms with E-state index in [2.05, 4.69) is 29.6 Å². The van der Waals surface area contributed by atoms with Gasteiger partial charge in [-0.25, -0.2) is 4.79 Å². The minimum atomic E-state index is -0.773. The number of alkyl carbamates (subject to hydrolysis) is 1. The van der Waals surface area contributed by atoms with Crippen molar-refractivity contribution in [2.75, 3.05) is 31.7 Å². The van der Waals surface area contributed by atoms with Crippen LogP contribution in [0.1, 0.15) is 29.9 Å². The quantitative estimate of drug-likeness (QED) is 0.579. The molecule has 0 radical (unpaired) electrons. The lowest BCUT2D eigenvalue weighted by Crippen LogP contribution is -2.50. The molecule has 2 aliphatic carbocycles. The number of carboxylic acids is 1. The monoisotopic (exact) mass is 494 g/mol. The molecule has 1 saturated carbocycles. The Morgan fingerprint density at radius 2 is 1.74 bits per heavy atom. The van der Waals surface area contributed by atoms with Crippen molar-refractivity contribution in [3.63, 3.8) is 0 Å². The topological polar surface area (TPSA) is 95.9 Å². The number of nitrogens with one attached hydrogen (secondary N) is 1. The van der Waals surface area contributed by atoms with Crippen LogP contribution < -0.4 is 5.32 Å². The zero-order valence-electron chi connectivity index (χ0n) is 19.7. The molecule has 184 valence electrons. The summed E-state index contributed by atoms with van der Waals surface area (Å²) in [4.78, 5) is 39.2. The Labute approximate surface area is 209 Å². The number of benzene rings is 2. The molecule has 4 atom stereocenters. The van der Waals surface area contributed by atoms with E-state index in [0.717, 1.165) is 28.0 Å². The van der Waals surface area contributed by atoms with Crippen molar-refractivity contribution in [2.24, 2.45) is 17.8 Å². The molecule has 5 rings (SSSR count). The first-order valence-electron chi connectivity index (χ1n) is 12.1. The first-order chi connectivity index (χ1) is 17.0. The maximum atomic E-state index is 13.3. The van der Waals surface area contributed by atoms with E-state index in [4.69, 9.17) is 4.74 Å². The summed E-state index contributed by atoms with van der Waals surface area (Å²) in [5.41, 5.74) is 4.59. The van der Waals surface area contributed by atoms with Gasteiger partial charge >= 0.3 is 12.1 Å². The van der Waals surface area contributed by atoms with Crippen LogP contribution in [0.3, 0.4) is 0 Å². The van der Waals surface area contributed by atoms with Crippen molar-refractivity contribution < 1.29 is 24.2 Å². The molecule has 2 aromatic carbocycles. The molecule has 2 amide bonds. The number of amides is 2. The molecule has 0 spiro atoms. The van der Waals surface area contributed by atoms with Crippen LogP contribution >= 0.6 is 11.8 Å². The van der Waals surface area contributed by atoms with Gasteiger partial charge in [-0.15, -0.1) is 0 Å². The number of carboxylic acid groups (broad SMARTS) is 1. The minimum Gasteiger partial charge on any atom is -0.481 e. The average molecular weight is 495 g/mol. The van der Waals surface area contributed by atoms with Crippen molar-refractivity contribution in [1.29, 1.82) is 0 Å². The third kappa shape index (κ3) is 4.63. The van der Waals surface area contributed by atoms with Crippen LogP contribution in [0.15, 0.2) is 48.5 Å². The van der Waals surface area contributed by atoms with E-state index in [1.165, 1.54) is 0 Å². The van der Waals surface area contributed by atoms with Crippen molar-refractivity contribution >= 4 is 29.7 Å². The fourth-order valence-corrected chi connectivity index (χ4v) is 6.27. The van der Waals surface area contributed by atoms with Crippen molar-refractivity contribution in [3.8, 4) is 11.1 Å². The number of aliphatic carboxylic acids is 1. The summed E-state index contributed by atoms with van der Waals surface area (Å²) >= 11 is 1.61. The number of ether oxygens (including phenoxy) is 1. The minimum absolute atomic E-state index is 0.0286. The van der Waals surface area contributed by atoms with Crippen LogP contribution in [-0.2, 0) is 14.3 Å². The number of piperidine rings is 1. The van der Waals surface area contributed by atoms with Gasteiger partial charge in [0.2, 0.25) is 5.91 Å². The summed E-state index contributed by atoms with van der Waals surface area (Å²) in [7, 11) is 0. The lowest BCUT2D eigenvalue weighted by molar-refractivity contribution is -0.139. The third-order valence-corrected chi connectivity index (χ3v) is 8.28. The summed E-state index contributed by atoms with van der Waals surface area (Å²) < 4.78 is 5.66. The molecule has 8 heteroatoms. The van der Waals surface area contributed by atoms with E-state index < -0.39 is 18.1 Å². The van der Waals surface area contributed by atoms with Crippen molar-refractivity contribution in [3.05, 3.63) is 59.7 Å². The maximum absolute atomic E-state index is 13.3. The van der Waals surface area contributed by atoms with Gasteiger partial charge in [0, 0.05) is 19.0 Å². The fraction of sp³-hybridized carbons (Fsp3) is 0.444. The standard InChI is InChI=1S/C27H30N2O5S/c1-35-13-11-23(25(30)29-12-10-20-21(14-29)24(20)26(31)32)28-27(33)34-15-22-18-8-4-2-6-16(18)17-7-3-5-9-19(17)22/h2-9,20-24H,10-15H2,1H3,(H,28,33)(H,31,32)/t20?,21?,23-,24?/m1/s1. The van der Waals surface area contributed by atoms with E-state index in [0.29, 0.717) is 25.9 Å². The molecule has 1 saturated heterocycles. The number of nitrogens with zero attached hydrogens (tertiary/aromatic N) is 1. The van der Waals surface area contributed by atoms with Gasteiger partial charge in [0.25, 0.3) is 0 Å². The molecule has 0 aromatic heterocycles. The second-order valence-electron chi connectivity index (χ2n) is 9.57. The Morgan fingerprint density at radius 1 is 1.09 bits per heavy atom. The van der Waals surface area contributed by atoms with Crippen LogP contribution in [0.4, 0.5) is 4.79 Å². The van der Waals surface area contributed by atoms with Gasteiger partial charge in [0.05, 0.1) is 5.92 Å². The SMILES string of the molecule is CSCC[C@@H](NC(=O)OCC1c2ccccc2-c2ccccc21)C(=O)N1CCC2C(C1)C2C(=O)O. The Morgan fingerprint density at radius 3 is 2.37 bits per heavy atom. The number of hydrogen-bond acceptors (Lipinski definition) is 5. The highest BCUT2D eigenvalue weighted by Gasteiger charge is 2.57. The molecule has 7 nitrogen and oxygen atoms in total. The Hall–Kier alpha value is -3.00. The summed E-state index contributed by atoms with van der Waals surface area (Å²) in [5, 5.41) is 12.1. The van der Waals surface area contributed by atoms with E-state index >= 15 is 0 Å². The van der Waals surface area contributed by atoms with Crippen molar-refractivity contribution in [2.45, 2.75) is 24.8 Å². The number of carbonyl (C=O) groups excluding carboxylic acids is 2. The van der Waals surface area contributed by atoms with Crippen LogP contribution in [0.5, 0.6) is 0 Å². The van der Waals surface area contributed by atoms with E-state index in [-0.39, 0.29) is 36.2 Å². The fourth-order valence-electron chi connectivity index (χ4n) is 5.80. The first kappa shape index (κ1) is 23.7. The molecule has 2 N–H and O–H groups in total. The van der Waals surface area contributed by atoms with E-state index in [1.807, 2.05) is 30.5 Å². The number of hydrogen-bond donors (Lipinski definition) is 2. The predicted molar refractivity (Wildman–Crippen MR) is 134 cm³/mol. The lowest BCUT2D eigenvalue weighted by atomic mass is 9.98. The molecule has 35 heavy (non-hydrogen) atoms. The summed E-state index contributed by atoms with van der Waals surface area (Å²) in [6, 6.07) is 15.6. The Kier molecular flexibility index (Phi) is 6.73. The molecule has 2 aromatic rings. The van der Waals surface area contributed by atoms with Crippen LogP contribution in [-0.4, -0.2) is 65.7 Å². The van der Waals surface area contributed by atoms with Gasteiger partial charge in [-0.05, 0) is 58.9 Å². The summed E-state index contributed by atoms with van der Waals surface area (Å²) in [6.07, 6.45) is 2.56. The molecular weight excluding hydrogens is 464 g/mol. The molecule has 3 aliphatic rings. The molecule has 2 fully saturated rings. The van der Waals surface area contributed by atoms with E-state index in [1.54, 1.807) is 16.7 Å². The zero-order valence-corrected chi connectivity index (χ0v) is 20.5. The van der Waals surface area contributed by atoms with Gasteiger partial charge < -0.3 is 20.1 Å². The van der Waals surface area contributed by atoms with Crippen molar-refractivity contribution in [1.82, 2.24) is 10.2 Å². The molecule has 0 bridgehead atoms. The van der Waals surface area contributed by atoms with Gasteiger partial charge in [0.15, 0.2) is 0 Å². The van der Waals surface area contributed by atoms with E-state index in [9.17, 15) is 19.5 Å². The molecule has 1 aliphatic heterocycles. The van der Waals surface area contributed by atoms with Gasteiger partial charge in [0.1, 0.15) is 12.6 Å². The summed E-state index contributed by atoms with van der Waals surface area (Å²) in [5.74, 6) is -0.385. The number of likely N-dealkylation sites (tertiary alicyclic amines) is 1. The highest BCUT2D eigenvalue weighted by atomic mass is 32.2. The summed E-state index contributed by atoms with van der Waals surface area (Å²) in [6.45, 7) is 1.17.